The number of thioether (sulfide) groups is 1. The van der Waals surface area contributed by atoms with E-state index in [0.717, 1.165) is 0 Å². The molecule has 0 spiro atoms. The van der Waals surface area contributed by atoms with Crippen molar-refractivity contribution >= 4 is 40.6 Å². The van der Waals surface area contributed by atoms with E-state index in [-0.39, 0.29) is 51.1 Å². The predicted molar refractivity (Wildman–Crippen MR) is 146 cm³/mol. The molecule has 35 heavy (non-hydrogen) atoms. The molecule has 8 nitrogen and oxygen atoms in total. The minimum atomic E-state index is -2.71. The van der Waals surface area contributed by atoms with Crippen molar-refractivity contribution in [2.75, 3.05) is 11.9 Å². The van der Waals surface area contributed by atoms with Crippen molar-refractivity contribution in [1.29, 1.82) is 0 Å². The van der Waals surface area contributed by atoms with Gasteiger partial charge in [0.1, 0.15) is 5.82 Å². The first-order valence-electron chi connectivity index (χ1n) is 12.8. The minimum absolute atomic E-state index is 0.0555. The van der Waals surface area contributed by atoms with Crippen LogP contribution in [0.3, 0.4) is 0 Å². The molecule has 3 rings (SSSR count). The number of carbonyl (C=O) groups excluding carboxylic acids is 1. The van der Waals surface area contributed by atoms with Gasteiger partial charge in [0.2, 0.25) is 5.91 Å². The summed E-state index contributed by atoms with van der Waals surface area (Å²) in [5, 5.41) is 2.54. The Bertz CT molecular complexity index is 955. The first kappa shape index (κ1) is 28.6. The maximum absolute atomic E-state index is 12.9. The van der Waals surface area contributed by atoms with Crippen molar-refractivity contribution in [3.63, 3.8) is 0 Å². The lowest BCUT2D eigenvalue weighted by molar-refractivity contribution is -0.114. The highest BCUT2D eigenvalue weighted by atomic mass is 32.2. The Balaban J connectivity index is 2.03. The quantitative estimate of drug-likeness (QED) is 0.482. The van der Waals surface area contributed by atoms with E-state index >= 15 is 0 Å². The molecule has 11 heteroatoms. The number of rotatable bonds is 6. The topological polar surface area (TPSA) is 91.7 Å². The van der Waals surface area contributed by atoms with E-state index in [2.05, 4.69) is 72.6 Å². The van der Waals surface area contributed by atoms with E-state index in [1.165, 1.54) is 6.92 Å². The van der Waals surface area contributed by atoms with E-state index in [1.54, 1.807) is 28.6 Å². The minimum Gasteiger partial charge on any atom is -0.414 e. The summed E-state index contributed by atoms with van der Waals surface area (Å²) in [5.74, 6) is 0.0676. The molecule has 198 valence electrons. The fraction of sp³-hybridized carbons (Fsp3) is 0.792. The van der Waals surface area contributed by atoms with Crippen LogP contribution in [0.1, 0.15) is 74.6 Å². The third-order valence-corrected chi connectivity index (χ3v) is 19.3. The van der Waals surface area contributed by atoms with Crippen LogP contribution in [-0.2, 0) is 17.8 Å². The molecule has 0 radical (unpaired) electrons. The van der Waals surface area contributed by atoms with Gasteiger partial charge in [0.05, 0.1) is 23.3 Å². The zero-order valence-corrected chi connectivity index (χ0v) is 25.6. The summed E-state index contributed by atoms with van der Waals surface area (Å²) >= 11 is 1.74. The molecular formula is C24H43N3O5SSi2. The van der Waals surface area contributed by atoms with Crippen LogP contribution in [0.25, 0.3) is 0 Å². The Morgan fingerprint density at radius 2 is 1.66 bits per heavy atom. The molecule has 2 saturated heterocycles. The number of hydrogen-bond acceptors (Lipinski definition) is 7. The Morgan fingerprint density at radius 3 is 2.14 bits per heavy atom. The number of aromatic nitrogens is 2. The number of nitrogens with one attached hydrogen (secondary N) is 1. The fourth-order valence-electron chi connectivity index (χ4n) is 5.51. The Hall–Kier alpha value is -0.986. The maximum Gasteiger partial charge on any atom is 0.350 e. The largest absolute Gasteiger partial charge is 0.414 e. The molecule has 2 aliphatic heterocycles. The van der Waals surface area contributed by atoms with Crippen LogP contribution < -0.4 is 11.0 Å². The van der Waals surface area contributed by atoms with Gasteiger partial charge in [0.15, 0.2) is 0 Å². The Labute approximate surface area is 216 Å². The second kappa shape index (κ2) is 10.8. The molecule has 2 fully saturated rings. The second-order valence-corrected chi connectivity index (χ2v) is 21.4. The van der Waals surface area contributed by atoms with Crippen molar-refractivity contribution in [3.05, 3.63) is 22.7 Å². The molecule has 1 aromatic heterocycles. The van der Waals surface area contributed by atoms with Gasteiger partial charge in [-0.3, -0.25) is 9.36 Å². The number of fused-ring (bicyclic) bond motifs is 1. The van der Waals surface area contributed by atoms with Gasteiger partial charge in [-0.25, -0.2) is 4.79 Å². The molecule has 1 amide bonds. The lowest BCUT2D eigenvalue weighted by Crippen LogP contribution is -2.65. The molecule has 0 aliphatic carbocycles. The number of anilines is 1. The Morgan fingerprint density at radius 1 is 1.09 bits per heavy atom. The molecule has 0 aromatic carbocycles. The average Bonchev–Trinajstić information content (AvgIpc) is 3.01. The molecule has 0 unspecified atom stereocenters. The molecule has 1 N–H and O–H groups in total. The van der Waals surface area contributed by atoms with Gasteiger partial charge in [-0.1, -0.05) is 62.3 Å². The lowest BCUT2D eigenvalue weighted by atomic mass is 10.0. The monoisotopic (exact) mass is 541 g/mol. The van der Waals surface area contributed by atoms with Crippen LogP contribution in [0.15, 0.2) is 17.1 Å². The molecule has 2 aliphatic rings. The van der Waals surface area contributed by atoms with Crippen molar-refractivity contribution in [1.82, 2.24) is 9.55 Å². The van der Waals surface area contributed by atoms with Crippen molar-refractivity contribution < 1.29 is 17.8 Å². The Kier molecular flexibility index (Phi) is 8.81. The van der Waals surface area contributed by atoms with Gasteiger partial charge in [0.25, 0.3) is 0 Å². The van der Waals surface area contributed by atoms with Crippen LogP contribution in [0, 0.1) is 5.92 Å². The van der Waals surface area contributed by atoms with E-state index in [0.29, 0.717) is 17.7 Å². The second-order valence-electron chi connectivity index (χ2n) is 11.2. The molecule has 4 atom stereocenters. The third-order valence-electron chi connectivity index (χ3n) is 7.39. The SMILES string of the molecule is CC(=O)Nc1ccn([C@@H]2S[C@@H]3CO[Si](C(C)C)(C(C)C)O[Si](C(C)C)(C(C)C)O[C@H]3[C@H]2C)c(=O)n1. The third kappa shape index (κ3) is 5.35. The summed E-state index contributed by atoms with van der Waals surface area (Å²) in [6.45, 7) is 21.9. The first-order valence-corrected chi connectivity index (χ1v) is 17.7. The van der Waals surface area contributed by atoms with Crippen molar-refractivity contribution in [3.8, 4) is 0 Å². The summed E-state index contributed by atoms with van der Waals surface area (Å²) in [4.78, 5) is 28.4. The summed E-state index contributed by atoms with van der Waals surface area (Å²) < 4.78 is 23.1. The van der Waals surface area contributed by atoms with E-state index in [4.69, 9.17) is 13.0 Å². The molecular weight excluding hydrogens is 499 g/mol. The molecule has 1 aromatic rings. The fourth-order valence-corrected chi connectivity index (χ4v) is 18.7. The van der Waals surface area contributed by atoms with Crippen LogP contribution in [0.4, 0.5) is 5.82 Å². The van der Waals surface area contributed by atoms with E-state index in [1.807, 2.05) is 0 Å². The first-order chi connectivity index (χ1) is 16.2. The highest BCUT2D eigenvalue weighted by molar-refractivity contribution is 8.00. The summed E-state index contributed by atoms with van der Waals surface area (Å²) in [6.07, 6.45) is 1.64. The van der Waals surface area contributed by atoms with Crippen LogP contribution in [0.5, 0.6) is 0 Å². The van der Waals surface area contributed by atoms with Crippen LogP contribution >= 0.6 is 11.8 Å². The molecule has 0 bridgehead atoms. The molecule has 0 saturated carbocycles. The highest BCUT2D eigenvalue weighted by Gasteiger charge is 2.61. The van der Waals surface area contributed by atoms with Crippen molar-refractivity contribution in [2.24, 2.45) is 5.92 Å². The van der Waals surface area contributed by atoms with Gasteiger partial charge in [0, 0.05) is 19.0 Å². The predicted octanol–water partition coefficient (Wildman–Crippen LogP) is 5.41. The zero-order chi connectivity index (χ0) is 26.3. The smallest absolute Gasteiger partial charge is 0.350 e. The van der Waals surface area contributed by atoms with Gasteiger partial charge in [-0.15, -0.1) is 11.8 Å². The standard InChI is InChI=1S/C24H43N3O5SSi2/c1-14(2)34(15(3)4)30-13-20-22(31-35(32-34,16(5)6)17(7)8)18(9)23(33-20)27-12-11-21(25-19(10)28)26-24(27)29/h11-12,14-18,20,22-23H,13H2,1-10H3,(H,25,26,28,29)/t18-,20-,22+,23-/m1/s1. The number of nitrogens with zero attached hydrogens (tertiary/aromatic N) is 2. The van der Waals surface area contributed by atoms with Gasteiger partial charge >= 0.3 is 22.8 Å². The lowest BCUT2D eigenvalue weighted by Gasteiger charge is -2.51. The van der Waals surface area contributed by atoms with Gasteiger partial charge in [-0.05, 0) is 28.2 Å². The highest BCUT2D eigenvalue weighted by Crippen LogP contribution is 2.53. The van der Waals surface area contributed by atoms with E-state index in [9.17, 15) is 9.59 Å². The van der Waals surface area contributed by atoms with Gasteiger partial charge in [-0.2, -0.15) is 4.98 Å². The van der Waals surface area contributed by atoms with Gasteiger partial charge < -0.3 is 18.3 Å². The number of carbonyl (C=O) groups is 1. The normalized spacial score (nSPS) is 28.3. The summed E-state index contributed by atoms with van der Waals surface area (Å²) in [6, 6.07) is 1.67. The van der Waals surface area contributed by atoms with Crippen LogP contribution in [-0.4, -0.2) is 50.5 Å². The average molecular weight is 542 g/mol. The zero-order valence-electron chi connectivity index (χ0n) is 22.8. The van der Waals surface area contributed by atoms with E-state index < -0.39 is 17.1 Å². The summed E-state index contributed by atoms with van der Waals surface area (Å²) in [7, 11) is -5.30. The molecule has 3 heterocycles. The summed E-state index contributed by atoms with van der Waals surface area (Å²) in [5.41, 5.74) is 0.717. The number of amides is 1. The maximum atomic E-state index is 12.9. The number of hydrogen-bond donors (Lipinski definition) is 1. The van der Waals surface area contributed by atoms with Crippen LogP contribution in [0.2, 0.25) is 22.2 Å². The van der Waals surface area contributed by atoms with Crippen molar-refractivity contribution in [2.45, 2.75) is 108 Å².